The molecule has 1 aliphatic carbocycles. The van der Waals surface area contributed by atoms with Gasteiger partial charge in [-0.2, -0.15) is 0 Å². The fourth-order valence-corrected chi connectivity index (χ4v) is 1.79. The summed E-state index contributed by atoms with van der Waals surface area (Å²) in [6.45, 7) is 10.4. The van der Waals surface area contributed by atoms with Gasteiger partial charge in [-0.05, 0) is 47.6 Å². The Morgan fingerprint density at radius 3 is 2.39 bits per heavy atom. The molecule has 5 heteroatoms. The number of halogens is 1. The van der Waals surface area contributed by atoms with Gasteiger partial charge in [-0.1, -0.05) is 0 Å². The van der Waals surface area contributed by atoms with Crippen LogP contribution in [0.4, 0.5) is 0 Å². The molecule has 1 unspecified atom stereocenters. The fourth-order valence-electron chi connectivity index (χ4n) is 1.79. The van der Waals surface area contributed by atoms with Gasteiger partial charge < -0.3 is 10.6 Å². The Kier molecular flexibility index (Phi) is 8.94. The summed E-state index contributed by atoms with van der Waals surface area (Å²) < 4.78 is 0. The van der Waals surface area contributed by atoms with Gasteiger partial charge >= 0.3 is 0 Å². The first kappa shape index (κ1) is 18.0. The molecule has 0 amide bonds. The molecule has 108 valence electrons. The zero-order valence-corrected chi connectivity index (χ0v) is 14.7. The van der Waals surface area contributed by atoms with Crippen LogP contribution in [-0.2, 0) is 0 Å². The summed E-state index contributed by atoms with van der Waals surface area (Å²) in [4.78, 5) is 7.08. The molecule has 1 aliphatic rings. The fraction of sp³-hybridized carbons (Fsp3) is 0.923. The van der Waals surface area contributed by atoms with Crippen LogP contribution < -0.4 is 10.6 Å². The second-order valence-electron chi connectivity index (χ2n) is 5.26. The van der Waals surface area contributed by atoms with E-state index in [2.05, 4.69) is 55.3 Å². The van der Waals surface area contributed by atoms with Crippen LogP contribution in [0.3, 0.4) is 0 Å². The second-order valence-corrected chi connectivity index (χ2v) is 5.26. The minimum Gasteiger partial charge on any atom is -0.357 e. The normalized spacial score (nSPS) is 17.6. The van der Waals surface area contributed by atoms with E-state index in [4.69, 9.17) is 0 Å². The molecule has 0 radical (unpaired) electrons. The van der Waals surface area contributed by atoms with Crippen LogP contribution in [0.15, 0.2) is 4.99 Å². The van der Waals surface area contributed by atoms with E-state index in [1.165, 1.54) is 12.8 Å². The maximum Gasteiger partial charge on any atom is 0.191 e. The van der Waals surface area contributed by atoms with Gasteiger partial charge in [-0.3, -0.25) is 9.89 Å². The molecule has 0 saturated heterocycles. The molecule has 0 aliphatic heterocycles. The van der Waals surface area contributed by atoms with Crippen LogP contribution >= 0.6 is 24.0 Å². The third-order valence-electron chi connectivity index (χ3n) is 3.10. The van der Waals surface area contributed by atoms with E-state index in [9.17, 15) is 0 Å². The summed E-state index contributed by atoms with van der Waals surface area (Å²) in [6, 6.07) is 1.75. The number of rotatable bonds is 6. The molecule has 0 aromatic rings. The molecule has 4 nitrogen and oxygen atoms in total. The largest absolute Gasteiger partial charge is 0.357 e. The van der Waals surface area contributed by atoms with Crippen molar-refractivity contribution in [3.63, 3.8) is 0 Å². The molecular formula is C13H29IN4. The van der Waals surface area contributed by atoms with Gasteiger partial charge in [0.1, 0.15) is 0 Å². The van der Waals surface area contributed by atoms with E-state index >= 15 is 0 Å². The van der Waals surface area contributed by atoms with Gasteiger partial charge in [0.05, 0.1) is 6.54 Å². The van der Waals surface area contributed by atoms with Crippen molar-refractivity contribution in [2.45, 2.75) is 58.7 Å². The second kappa shape index (κ2) is 8.96. The summed E-state index contributed by atoms with van der Waals surface area (Å²) in [5, 5.41) is 6.61. The Hall–Kier alpha value is -0.0400. The van der Waals surface area contributed by atoms with Crippen LogP contribution in [0, 0.1) is 0 Å². The van der Waals surface area contributed by atoms with Gasteiger partial charge in [0.2, 0.25) is 0 Å². The van der Waals surface area contributed by atoms with Crippen molar-refractivity contribution >= 4 is 29.9 Å². The lowest BCUT2D eigenvalue weighted by Gasteiger charge is -2.23. The Bertz CT molecular complexity index is 251. The number of guanidine groups is 1. The molecule has 18 heavy (non-hydrogen) atoms. The van der Waals surface area contributed by atoms with Gasteiger partial charge in [-0.15, -0.1) is 24.0 Å². The highest BCUT2D eigenvalue weighted by Crippen LogP contribution is 2.26. The van der Waals surface area contributed by atoms with E-state index in [1.54, 1.807) is 0 Å². The number of aliphatic imine (C=N–C) groups is 1. The highest BCUT2D eigenvalue weighted by molar-refractivity contribution is 14.0. The number of hydrogen-bond acceptors (Lipinski definition) is 2. The van der Waals surface area contributed by atoms with Gasteiger partial charge in [0, 0.05) is 24.7 Å². The highest BCUT2D eigenvalue weighted by atomic mass is 127. The molecule has 0 heterocycles. The van der Waals surface area contributed by atoms with Crippen LogP contribution in [-0.4, -0.2) is 49.1 Å². The number of likely N-dealkylation sites (N-methyl/N-ethyl adjacent to an activating group) is 1. The molecule has 0 aromatic heterocycles. The van der Waals surface area contributed by atoms with Crippen molar-refractivity contribution in [1.82, 2.24) is 15.5 Å². The number of hydrogen-bond donors (Lipinski definition) is 2. The van der Waals surface area contributed by atoms with E-state index < -0.39 is 0 Å². The third kappa shape index (κ3) is 6.78. The number of nitrogens with one attached hydrogen (secondary N) is 2. The Balaban J connectivity index is 0.00000289. The third-order valence-corrected chi connectivity index (χ3v) is 3.10. The van der Waals surface area contributed by atoms with Crippen molar-refractivity contribution in [2.75, 3.05) is 20.1 Å². The van der Waals surface area contributed by atoms with E-state index in [1.807, 2.05) is 0 Å². The minimum absolute atomic E-state index is 0. The maximum atomic E-state index is 4.64. The Labute approximate surface area is 129 Å². The maximum absolute atomic E-state index is 4.64. The molecule has 1 fully saturated rings. The Morgan fingerprint density at radius 2 is 1.94 bits per heavy atom. The van der Waals surface area contributed by atoms with Crippen LogP contribution in [0.1, 0.15) is 40.5 Å². The average molecular weight is 368 g/mol. The van der Waals surface area contributed by atoms with Gasteiger partial charge in [0.15, 0.2) is 5.96 Å². The average Bonchev–Trinajstić information content (AvgIpc) is 3.07. The highest BCUT2D eigenvalue weighted by Gasteiger charge is 2.28. The van der Waals surface area contributed by atoms with Crippen LogP contribution in [0.2, 0.25) is 0 Å². The van der Waals surface area contributed by atoms with Gasteiger partial charge in [0.25, 0.3) is 0 Å². The van der Waals surface area contributed by atoms with E-state index in [-0.39, 0.29) is 24.0 Å². The Morgan fingerprint density at radius 1 is 1.33 bits per heavy atom. The molecule has 2 N–H and O–H groups in total. The van der Waals surface area contributed by atoms with E-state index in [0.717, 1.165) is 25.1 Å². The molecule has 0 spiro atoms. The predicted octanol–water partition coefficient (Wildman–Crippen LogP) is 2.05. The monoisotopic (exact) mass is 368 g/mol. The van der Waals surface area contributed by atoms with Crippen LogP contribution in [0.25, 0.3) is 0 Å². The first-order chi connectivity index (χ1) is 8.04. The zero-order chi connectivity index (χ0) is 12.8. The van der Waals surface area contributed by atoms with Crippen molar-refractivity contribution in [3.8, 4) is 0 Å². The lowest BCUT2D eigenvalue weighted by Crippen LogP contribution is -2.42. The number of nitrogens with zero attached hydrogens (tertiary/aromatic N) is 2. The lowest BCUT2D eigenvalue weighted by molar-refractivity contribution is 0.253. The summed E-state index contributed by atoms with van der Waals surface area (Å²) in [7, 11) is 2.21. The quantitative estimate of drug-likeness (QED) is 0.428. The molecule has 1 rings (SSSR count). The first-order valence-electron chi connectivity index (χ1n) is 6.81. The molecular weight excluding hydrogens is 339 g/mol. The molecule has 0 aromatic carbocycles. The van der Waals surface area contributed by atoms with Crippen LogP contribution in [0.5, 0.6) is 0 Å². The van der Waals surface area contributed by atoms with Crippen molar-refractivity contribution in [1.29, 1.82) is 0 Å². The molecule has 1 atom stereocenters. The SMILES string of the molecule is CCNC(=NCC(C)N(C)C1CC1)NC(C)C.I. The summed E-state index contributed by atoms with van der Waals surface area (Å²) in [5.41, 5.74) is 0. The van der Waals surface area contributed by atoms with Crippen molar-refractivity contribution in [2.24, 2.45) is 4.99 Å². The lowest BCUT2D eigenvalue weighted by atomic mass is 10.3. The van der Waals surface area contributed by atoms with Gasteiger partial charge in [-0.25, -0.2) is 0 Å². The molecule has 1 saturated carbocycles. The van der Waals surface area contributed by atoms with E-state index in [0.29, 0.717) is 12.1 Å². The summed E-state index contributed by atoms with van der Waals surface area (Å²) >= 11 is 0. The predicted molar refractivity (Wildman–Crippen MR) is 89.9 cm³/mol. The zero-order valence-electron chi connectivity index (χ0n) is 12.4. The summed E-state index contributed by atoms with van der Waals surface area (Å²) in [5.74, 6) is 0.929. The minimum atomic E-state index is 0. The standard InChI is InChI=1S/C13H28N4.HI/c1-6-14-13(16-10(2)3)15-9-11(4)17(5)12-7-8-12;/h10-12H,6-9H2,1-5H3,(H2,14,15,16);1H. The molecule has 0 bridgehead atoms. The summed E-state index contributed by atoms with van der Waals surface area (Å²) in [6.07, 6.45) is 2.71. The van der Waals surface area contributed by atoms with Crippen molar-refractivity contribution < 1.29 is 0 Å². The topological polar surface area (TPSA) is 39.7 Å². The first-order valence-corrected chi connectivity index (χ1v) is 6.81. The smallest absolute Gasteiger partial charge is 0.191 e. The van der Waals surface area contributed by atoms with Crippen molar-refractivity contribution in [3.05, 3.63) is 0 Å².